The van der Waals surface area contributed by atoms with Crippen LogP contribution in [0.5, 0.6) is 5.75 Å². The van der Waals surface area contributed by atoms with Gasteiger partial charge in [-0.3, -0.25) is 9.89 Å². The monoisotopic (exact) mass is 126 g/mol. The number of aromatic nitrogens is 2. The minimum atomic E-state index is -0.218. The first-order valence-corrected chi connectivity index (χ1v) is 2.45. The molecule has 1 aromatic heterocycles. The third-order valence-corrected chi connectivity index (χ3v) is 0.971. The Morgan fingerprint density at radius 2 is 2.56 bits per heavy atom. The Hall–Kier alpha value is -1.32. The van der Waals surface area contributed by atoms with Gasteiger partial charge in [0.05, 0.1) is 6.20 Å². The lowest BCUT2D eigenvalue weighted by Crippen LogP contribution is -1.91. The summed E-state index contributed by atoms with van der Waals surface area (Å²) in [6.07, 6.45) is 1.19. The first-order valence-electron chi connectivity index (χ1n) is 2.45. The number of carbonyl (C=O) groups excluding carboxylic acids is 1. The maximum Gasteiger partial charge on any atom is 0.181 e. The van der Waals surface area contributed by atoms with E-state index in [9.17, 15) is 4.79 Å². The van der Waals surface area contributed by atoms with Crippen molar-refractivity contribution in [3.05, 3.63) is 11.9 Å². The molecular formula is C5H6N2O2. The Bertz CT molecular complexity index is 229. The normalized spacial score (nSPS) is 9.44. The van der Waals surface area contributed by atoms with Crippen LogP contribution in [0.25, 0.3) is 0 Å². The molecule has 0 amide bonds. The van der Waals surface area contributed by atoms with Gasteiger partial charge in [-0.2, -0.15) is 5.10 Å². The van der Waals surface area contributed by atoms with Crippen molar-refractivity contribution in [3.8, 4) is 5.75 Å². The van der Waals surface area contributed by atoms with E-state index in [-0.39, 0.29) is 17.2 Å². The molecule has 0 saturated heterocycles. The molecule has 2 N–H and O–H groups in total. The molecule has 4 heteroatoms. The van der Waals surface area contributed by atoms with Crippen LogP contribution in [0.2, 0.25) is 0 Å². The lowest BCUT2D eigenvalue weighted by Gasteiger charge is -1.85. The van der Waals surface area contributed by atoms with E-state index in [4.69, 9.17) is 5.11 Å². The Morgan fingerprint density at radius 3 is 2.78 bits per heavy atom. The number of H-pyrrole nitrogens is 1. The van der Waals surface area contributed by atoms with Gasteiger partial charge in [-0.1, -0.05) is 0 Å². The number of nitrogens with zero attached hydrogens (tertiary/aromatic N) is 1. The molecule has 0 unspecified atom stereocenters. The topological polar surface area (TPSA) is 66.0 Å². The van der Waals surface area contributed by atoms with E-state index in [1.54, 1.807) is 0 Å². The second kappa shape index (κ2) is 1.89. The van der Waals surface area contributed by atoms with Crippen LogP contribution in [0.3, 0.4) is 0 Å². The van der Waals surface area contributed by atoms with Gasteiger partial charge in [0.15, 0.2) is 11.5 Å². The fourth-order valence-corrected chi connectivity index (χ4v) is 0.539. The van der Waals surface area contributed by atoms with Crippen molar-refractivity contribution in [1.82, 2.24) is 10.2 Å². The van der Waals surface area contributed by atoms with Crippen molar-refractivity contribution in [2.24, 2.45) is 0 Å². The van der Waals surface area contributed by atoms with Gasteiger partial charge in [0.1, 0.15) is 5.69 Å². The number of hydrogen-bond acceptors (Lipinski definition) is 3. The lowest BCUT2D eigenvalue weighted by molar-refractivity contribution is 0.101. The molecule has 0 radical (unpaired) electrons. The first kappa shape index (κ1) is 5.81. The summed E-state index contributed by atoms with van der Waals surface area (Å²) >= 11 is 0. The van der Waals surface area contributed by atoms with Crippen LogP contribution >= 0.6 is 0 Å². The molecule has 0 spiro atoms. The zero-order valence-corrected chi connectivity index (χ0v) is 4.88. The van der Waals surface area contributed by atoms with E-state index < -0.39 is 0 Å². The minimum absolute atomic E-state index is 0.0949. The summed E-state index contributed by atoms with van der Waals surface area (Å²) in [7, 11) is 0. The van der Waals surface area contributed by atoms with E-state index in [0.29, 0.717) is 0 Å². The summed E-state index contributed by atoms with van der Waals surface area (Å²) in [5.41, 5.74) is 0.162. The molecule has 4 nitrogen and oxygen atoms in total. The van der Waals surface area contributed by atoms with Crippen LogP contribution in [0.1, 0.15) is 17.4 Å². The fourth-order valence-electron chi connectivity index (χ4n) is 0.539. The molecule has 0 aromatic carbocycles. The molecule has 0 atom stereocenters. The highest BCUT2D eigenvalue weighted by Crippen LogP contribution is 2.11. The number of nitrogens with one attached hydrogen (secondary N) is 1. The number of Topliss-reactive ketones (excluding diaryl/α,β-unsaturated/α-hetero) is 1. The van der Waals surface area contributed by atoms with Crippen molar-refractivity contribution in [2.45, 2.75) is 6.92 Å². The van der Waals surface area contributed by atoms with Crippen LogP contribution in [0, 0.1) is 0 Å². The van der Waals surface area contributed by atoms with Crippen molar-refractivity contribution in [2.75, 3.05) is 0 Å². The molecule has 0 aliphatic rings. The summed E-state index contributed by atoms with van der Waals surface area (Å²) in [6, 6.07) is 0. The predicted molar refractivity (Wildman–Crippen MR) is 30.3 cm³/mol. The zero-order valence-electron chi connectivity index (χ0n) is 4.88. The van der Waals surface area contributed by atoms with Crippen LogP contribution < -0.4 is 0 Å². The minimum Gasteiger partial charge on any atom is -0.504 e. The first-order chi connectivity index (χ1) is 4.22. The third kappa shape index (κ3) is 0.910. The molecule has 0 saturated carbocycles. The van der Waals surface area contributed by atoms with E-state index in [0.717, 1.165) is 0 Å². The molecule has 1 rings (SSSR count). The summed E-state index contributed by atoms with van der Waals surface area (Å²) in [6.45, 7) is 1.35. The number of ketones is 1. The Kier molecular flexibility index (Phi) is 1.22. The predicted octanol–water partition coefficient (Wildman–Crippen LogP) is 0.318. The van der Waals surface area contributed by atoms with E-state index >= 15 is 0 Å². The highest BCUT2D eigenvalue weighted by atomic mass is 16.3. The summed E-state index contributed by atoms with van der Waals surface area (Å²) in [5.74, 6) is -0.312. The second-order valence-electron chi connectivity index (χ2n) is 1.69. The molecule has 0 fully saturated rings. The quantitative estimate of drug-likeness (QED) is 0.532. The highest BCUT2D eigenvalue weighted by Gasteiger charge is 2.05. The summed E-state index contributed by atoms with van der Waals surface area (Å²) < 4.78 is 0. The molecular weight excluding hydrogens is 120 g/mol. The summed E-state index contributed by atoms with van der Waals surface area (Å²) in [4.78, 5) is 10.5. The fraction of sp³-hybridized carbons (Fsp3) is 0.200. The molecule has 0 aliphatic heterocycles. The third-order valence-electron chi connectivity index (χ3n) is 0.971. The Morgan fingerprint density at radius 1 is 1.89 bits per heavy atom. The second-order valence-corrected chi connectivity index (χ2v) is 1.69. The van der Waals surface area contributed by atoms with E-state index in [1.165, 1.54) is 13.1 Å². The number of rotatable bonds is 1. The molecule has 1 aromatic rings. The van der Waals surface area contributed by atoms with Gasteiger partial charge in [0.25, 0.3) is 0 Å². The van der Waals surface area contributed by atoms with Crippen LogP contribution in [-0.4, -0.2) is 21.1 Å². The van der Waals surface area contributed by atoms with Gasteiger partial charge in [-0.25, -0.2) is 0 Å². The van der Waals surface area contributed by atoms with Gasteiger partial charge >= 0.3 is 0 Å². The Labute approximate surface area is 51.5 Å². The largest absolute Gasteiger partial charge is 0.504 e. The Balaban J connectivity index is 3.08. The van der Waals surface area contributed by atoms with Gasteiger partial charge in [-0.05, 0) is 0 Å². The molecule has 9 heavy (non-hydrogen) atoms. The van der Waals surface area contributed by atoms with Crippen LogP contribution in [0.4, 0.5) is 0 Å². The number of aromatic hydroxyl groups is 1. The van der Waals surface area contributed by atoms with Crippen molar-refractivity contribution >= 4 is 5.78 Å². The van der Waals surface area contributed by atoms with Crippen molar-refractivity contribution in [1.29, 1.82) is 0 Å². The van der Waals surface area contributed by atoms with E-state index in [2.05, 4.69) is 10.2 Å². The molecule has 0 bridgehead atoms. The highest BCUT2D eigenvalue weighted by molar-refractivity contribution is 5.94. The van der Waals surface area contributed by atoms with E-state index in [1.807, 2.05) is 0 Å². The summed E-state index contributed by atoms with van der Waals surface area (Å²) in [5, 5.41) is 14.6. The van der Waals surface area contributed by atoms with Crippen LogP contribution in [0.15, 0.2) is 6.20 Å². The average molecular weight is 126 g/mol. The van der Waals surface area contributed by atoms with Crippen molar-refractivity contribution < 1.29 is 9.90 Å². The maximum atomic E-state index is 10.5. The molecule has 48 valence electrons. The standard InChI is InChI=1S/C5H6N2O2/c1-3(8)5-4(9)2-6-7-5/h2,9H,1H3,(H,6,7). The van der Waals surface area contributed by atoms with Gasteiger partial charge in [-0.15, -0.1) is 0 Å². The van der Waals surface area contributed by atoms with Gasteiger partial charge in [0.2, 0.25) is 0 Å². The maximum absolute atomic E-state index is 10.5. The molecule has 0 aliphatic carbocycles. The van der Waals surface area contributed by atoms with Crippen LogP contribution in [-0.2, 0) is 0 Å². The smallest absolute Gasteiger partial charge is 0.181 e. The van der Waals surface area contributed by atoms with Crippen molar-refractivity contribution in [3.63, 3.8) is 0 Å². The lowest BCUT2D eigenvalue weighted by atomic mass is 10.3. The van der Waals surface area contributed by atoms with Gasteiger partial charge < -0.3 is 5.11 Å². The molecule has 1 heterocycles. The van der Waals surface area contributed by atoms with Gasteiger partial charge in [0, 0.05) is 6.92 Å². The number of hydrogen-bond donors (Lipinski definition) is 2. The SMILES string of the molecule is CC(=O)c1[nH]ncc1O. The number of aromatic amines is 1. The average Bonchev–Trinajstić information content (AvgIpc) is 2.13. The zero-order chi connectivity index (χ0) is 6.85. The number of carbonyl (C=O) groups is 1.